The van der Waals surface area contributed by atoms with Gasteiger partial charge in [0.2, 0.25) is 15.9 Å². The standard InChI is InChI=1S/C24H27ClN2O4S/c1-2-15-27(32(29,30)23-12-10-21(25)11-13-23)19-24(28)26(18-22-9-6-17-31-22)16-14-20-7-4-3-5-8-20/h3-13,17H,2,14-16,18-19H2,1H3. The second-order valence-corrected chi connectivity index (χ2v) is 9.80. The van der Waals surface area contributed by atoms with Gasteiger partial charge < -0.3 is 9.32 Å². The van der Waals surface area contributed by atoms with Crippen molar-refractivity contribution in [3.05, 3.63) is 89.3 Å². The largest absolute Gasteiger partial charge is 0.467 e. The Morgan fingerprint density at radius 3 is 2.31 bits per heavy atom. The van der Waals surface area contributed by atoms with Gasteiger partial charge in [0.1, 0.15) is 5.76 Å². The van der Waals surface area contributed by atoms with Crippen molar-refractivity contribution in [2.24, 2.45) is 0 Å². The van der Waals surface area contributed by atoms with Crippen molar-refractivity contribution < 1.29 is 17.6 Å². The van der Waals surface area contributed by atoms with Crippen LogP contribution in [0.5, 0.6) is 0 Å². The van der Waals surface area contributed by atoms with Gasteiger partial charge in [0.15, 0.2) is 0 Å². The first-order chi connectivity index (χ1) is 15.4. The van der Waals surface area contributed by atoms with Crippen LogP contribution >= 0.6 is 11.6 Å². The van der Waals surface area contributed by atoms with Crippen molar-refractivity contribution in [3.8, 4) is 0 Å². The fourth-order valence-electron chi connectivity index (χ4n) is 3.33. The summed E-state index contributed by atoms with van der Waals surface area (Å²) in [5.74, 6) is 0.373. The van der Waals surface area contributed by atoms with Crippen LogP contribution in [0.15, 0.2) is 82.3 Å². The highest BCUT2D eigenvalue weighted by molar-refractivity contribution is 7.89. The van der Waals surface area contributed by atoms with Crippen LogP contribution in [-0.4, -0.2) is 43.2 Å². The molecule has 0 spiro atoms. The van der Waals surface area contributed by atoms with E-state index in [0.717, 1.165) is 5.56 Å². The highest BCUT2D eigenvalue weighted by Crippen LogP contribution is 2.19. The van der Waals surface area contributed by atoms with Gasteiger partial charge in [0.05, 0.1) is 24.2 Å². The summed E-state index contributed by atoms with van der Waals surface area (Å²) in [6.45, 7) is 2.60. The number of benzene rings is 2. The zero-order chi connectivity index (χ0) is 23.0. The van der Waals surface area contributed by atoms with E-state index < -0.39 is 10.0 Å². The van der Waals surface area contributed by atoms with Crippen molar-refractivity contribution in [1.29, 1.82) is 0 Å². The number of rotatable bonds is 11. The van der Waals surface area contributed by atoms with E-state index in [0.29, 0.717) is 30.2 Å². The van der Waals surface area contributed by atoms with E-state index >= 15 is 0 Å². The minimum Gasteiger partial charge on any atom is -0.467 e. The molecule has 0 N–H and O–H groups in total. The maximum atomic E-state index is 13.3. The molecule has 0 bridgehead atoms. The van der Waals surface area contributed by atoms with Crippen molar-refractivity contribution in [3.63, 3.8) is 0 Å². The predicted octanol–water partition coefficient (Wildman–Crippen LogP) is 4.61. The SMILES string of the molecule is CCCN(CC(=O)N(CCc1ccccc1)Cc1ccco1)S(=O)(=O)c1ccc(Cl)cc1. The third-order valence-electron chi connectivity index (χ3n) is 5.03. The van der Waals surface area contributed by atoms with Crippen LogP contribution in [0.4, 0.5) is 0 Å². The number of hydrogen-bond acceptors (Lipinski definition) is 4. The van der Waals surface area contributed by atoms with Gasteiger partial charge in [-0.3, -0.25) is 4.79 Å². The maximum Gasteiger partial charge on any atom is 0.243 e. The van der Waals surface area contributed by atoms with Gasteiger partial charge in [0, 0.05) is 18.1 Å². The number of halogens is 1. The number of furan rings is 1. The zero-order valence-corrected chi connectivity index (χ0v) is 19.6. The summed E-state index contributed by atoms with van der Waals surface area (Å²) in [6, 6.07) is 19.4. The molecule has 170 valence electrons. The van der Waals surface area contributed by atoms with Crippen LogP contribution in [0.25, 0.3) is 0 Å². The third kappa shape index (κ3) is 6.45. The lowest BCUT2D eigenvalue weighted by Crippen LogP contribution is -2.43. The van der Waals surface area contributed by atoms with E-state index in [1.54, 1.807) is 23.3 Å². The minimum atomic E-state index is -3.83. The molecule has 0 fully saturated rings. The molecule has 0 aliphatic heterocycles. The number of amides is 1. The number of hydrogen-bond donors (Lipinski definition) is 0. The van der Waals surface area contributed by atoms with Gasteiger partial charge in [-0.1, -0.05) is 48.9 Å². The molecule has 1 aromatic heterocycles. The Morgan fingerprint density at radius 2 is 1.69 bits per heavy atom. The summed E-state index contributed by atoms with van der Waals surface area (Å²) >= 11 is 5.90. The lowest BCUT2D eigenvalue weighted by molar-refractivity contribution is -0.132. The molecule has 1 amide bonds. The summed E-state index contributed by atoms with van der Waals surface area (Å²) in [4.78, 5) is 15.0. The first kappa shape index (κ1) is 24.0. The summed E-state index contributed by atoms with van der Waals surface area (Å²) < 4.78 is 33.0. The maximum absolute atomic E-state index is 13.3. The first-order valence-electron chi connectivity index (χ1n) is 10.5. The molecule has 0 saturated carbocycles. The molecule has 0 unspecified atom stereocenters. The molecule has 0 aliphatic rings. The van der Waals surface area contributed by atoms with Gasteiger partial charge >= 0.3 is 0 Å². The zero-order valence-electron chi connectivity index (χ0n) is 18.0. The summed E-state index contributed by atoms with van der Waals surface area (Å²) in [6.07, 6.45) is 2.80. The summed E-state index contributed by atoms with van der Waals surface area (Å²) in [5, 5.41) is 0.451. The van der Waals surface area contributed by atoms with E-state index in [4.69, 9.17) is 16.0 Å². The van der Waals surface area contributed by atoms with E-state index in [9.17, 15) is 13.2 Å². The smallest absolute Gasteiger partial charge is 0.243 e. The van der Waals surface area contributed by atoms with Gasteiger partial charge in [-0.25, -0.2) is 8.42 Å². The average molecular weight is 475 g/mol. The Kier molecular flexibility index (Phi) is 8.50. The van der Waals surface area contributed by atoms with Crippen molar-refractivity contribution in [2.75, 3.05) is 19.6 Å². The molecular weight excluding hydrogens is 448 g/mol. The van der Waals surface area contributed by atoms with Crippen LogP contribution in [0, 0.1) is 0 Å². The average Bonchev–Trinajstić information content (AvgIpc) is 3.30. The topological polar surface area (TPSA) is 70.8 Å². The monoisotopic (exact) mass is 474 g/mol. The number of carbonyl (C=O) groups excluding carboxylic acids is 1. The number of carbonyl (C=O) groups is 1. The first-order valence-corrected chi connectivity index (χ1v) is 12.3. The van der Waals surface area contributed by atoms with E-state index in [1.165, 1.54) is 28.6 Å². The van der Waals surface area contributed by atoms with Gasteiger partial charge in [-0.2, -0.15) is 4.31 Å². The quantitative estimate of drug-likeness (QED) is 0.407. The molecule has 32 heavy (non-hydrogen) atoms. The molecule has 0 aliphatic carbocycles. The third-order valence-corrected chi connectivity index (χ3v) is 7.14. The molecule has 3 rings (SSSR count). The highest BCUT2D eigenvalue weighted by atomic mass is 35.5. The fraction of sp³-hybridized carbons (Fsp3) is 0.292. The second-order valence-electron chi connectivity index (χ2n) is 7.42. The molecule has 0 radical (unpaired) electrons. The van der Waals surface area contributed by atoms with Crippen molar-refractivity contribution in [1.82, 2.24) is 9.21 Å². The number of nitrogens with zero attached hydrogens (tertiary/aromatic N) is 2. The normalized spacial score (nSPS) is 11.6. The van der Waals surface area contributed by atoms with Crippen molar-refractivity contribution in [2.45, 2.75) is 31.2 Å². The molecule has 0 saturated heterocycles. The second kappa shape index (κ2) is 11.3. The Bertz CT molecular complexity index is 1080. The van der Waals surface area contributed by atoms with Crippen LogP contribution < -0.4 is 0 Å². The molecule has 3 aromatic rings. The molecule has 6 nitrogen and oxygen atoms in total. The van der Waals surface area contributed by atoms with Crippen LogP contribution in [0.1, 0.15) is 24.7 Å². The van der Waals surface area contributed by atoms with Crippen molar-refractivity contribution >= 4 is 27.5 Å². The molecule has 0 atom stereocenters. The molecular formula is C24H27ClN2O4S. The molecule has 2 aromatic carbocycles. The van der Waals surface area contributed by atoms with Crippen LogP contribution in [0.2, 0.25) is 5.02 Å². The summed E-state index contributed by atoms with van der Waals surface area (Å²) in [5.41, 5.74) is 1.10. The molecule has 8 heteroatoms. The number of sulfonamides is 1. The van der Waals surface area contributed by atoms with E-state index in [1.807, 2.05) is 37.3 Å². The van der Waals surface area contributed by atoms with E-state index in [-0.39, 0.29) is 30.4 Å². The Balaban J connectivity index is 1.78. The van der Waals surface area contributed by atoms with Gasteiger partial charge in [-0.05, 0) is 54.8 Å². The Labute approximate surface area is 194 Å². The molecule has 1 heterocycles. The summed E-state index contributed by atoms with van der Waals surface area (Å²) in [7, 11) is -3.83. The van der Waals surface area contributed by atoms with Gasteiger partial charge in [-0.15, -0.1) is 0 Å². The predicted molar refractivity (Wildman–Crippen MR) is 125 cm³/mol. The van der Waals surface area contributed by atoms with Crippen LogP contribution in [-0.2, 0) is 27.8 Å². The fourth-order valence-corrected chi connectivity index (χ4v) is 4.94. The van der Waals surface area contributed by atoms with Crippen LogP contribution in [0.3, 0.4) is 0 Å². The Hall–Kier alpha value is -2.61. The lowest BCUT2D eigenvalue weighted by atomic mass is 10.1. The minimum absolute atomic E-state index is 0.116. The Morgan fingerprint density at radius 1 is 0.969 bits per heavy atom. The lowest BCUT2D eigenvalue weighted by Gasteiger charge is -2.27. The highest BCUT2D eigenvalue weighted by Gasteiger charge is 2.28. The van der Waals surface area contributed by atoms with E-state index in [2.05, 4.69) is 0 Å². The van der Waals surface area contributed by atoms with Gasteiger partial charge in [0.25, 0.3) is 0 Å².